The summed E-state index contributed by atoms with van der Waals surface area (Å²) >= 11 is 0. The van der Waals surface area contributed by atoms with E-state index in [1.165, 1.54) is 0 Å². The highest BCUT2D eigenvalue weighted by Crippen LogP contribution is 1.52. The molecule has 0 saturated heterocycles. The van der Waals surface area contributed by atoms with E-state index in [0.717, 1.165) is 0 Å². The number of hydrogen-bond donors (Lipinski definition) is 3. The molecule has 0 bridgehead atoms. The van der Waals surface area contributed by atoms with Gasteiger partial charge in [0.2, 0.25) is 0 Å². The molecule has 0 radical (unpaired) electrons. The fourth-order valence-corrected chi connectivity index (χ4v) is 0. The molecule has 5 heteroatoms. The van der Waals surface area contributed by atoms with Crippen molar-refractivity contribution < 1.29 is 5.21 Å². The second-order valence-electron chi connectivity index (χ2n) is 0.918. The van der Waals surface area contributed by atoms with Crippen LogP contribution < -0.4 is 11.2 Å². The third-order valence-electron chi connectivity index (χ3n) is 0.204. The van der Waals surface area contributed by atoms with Crippen molar-refractivity contribution in [3.8, 4) is 0 Å². The zero-order valence-corrected chi connectivity index (χ0v) is 5.55. The molecule has 48 valence electrons. The molecule has 0 spiro atoms. The SMILES string of the molecule is CC(N)NO.Cl.Cl. The van der Waals surface area contributed by atoms with Crippen LogP contribution in [0.15, 0.2) is 0 Å². The third kappa shape index (κ3) is 21.2. The van der Waals surface area contributed by atoms with Gasteiger partial charge < -0.3 is 10.9 Å². The average molecular weight is 149 g/mol. The molecule has 3 nitrogen and oxygen atoms in total. The molecule has 4 N–H and O–H groups in total. The summed E-state index contributed by atoms with van der Waals surface area (Å²) in [4.78, 5) is 0. The van der Waals surface area contributed by atoms with Crippen molar-refractivity contribution in [2.75, 3.05) is 0 Å². The van der Waals surface area contributed by atoms with Crippen LogP contribution in [-0.4, -0.2) is 11.4 Å². The molecule has 0 aliphatic carbocycles. The smallest absolute Gasteiger partial charge is 0.0756 e. The van der Waals surface area contributed by atoms with Gasteiger partial charge >= 0.3 is 0 Å². The van der Waals surface area contributed by atoms with E-state index in [-0.39, 0.29) is 31.0 Å². The molecule has 0 saturated carbocycles. The molecule has 0 aliphatic heterocycles. The standard InChI is InChI=1S/C2H8N2O.2ClH/c1-2(3)4-5;;/h2,4-5H,3H2,1H3;2*1H. The molecule has 7 heavy (non-hydrogen) atoms. The highest BCUT2D eigenvalue weighted by Gasteiger charge is 1.78. The van der Waals surface area contributed by atoms with Crippen molar-refractivity contribution in [3.63, 3.8) is 0 Å². The Kier molecular flexibility index (Phi) is 21.6. The first-order valence-electron chi connectivity index (χ1n) is 1.42. The topological polar surface area (TPSA) is 58.3 Å². The fraction of sp³-hybridized carbons (Fsp3) is 1.00. The molecule has 0 rings (SSSR count). The van der Waals surface area contributed by atoms with Crippen LogP contribution >= 0.6 is 24.8 Å². The van der Waals surface area contributed by atoms with E-state index in [9.17, 15) is 0 Å². The van der Waals surface area contributed by atoms with Crippen LogP contribution in [0, 0.1) is 0 Å². The molecule has 0 aliphatic rings. The highest BCUT2D eigenvalue weighted by atomic mass is 35.5. The number of rotatable bonds is 1. The van der Waals surface area contributed by atoms with E-state index in [4.69, 9.17) is 10.9 Å². The van der Waals surface area contributed by atoms with Gasteiger partial charge in [-0.15, -0.1) is 24.8 Å². The molecule has 0 heterocycles. The first kappa shape index (κ1) is 15.7. The lowest BCUT2D eigenvalue weighted by atomic mass is 10.7. The van der Waals surface area contributed by atoms with Gasteiger partial charge in [0.1, 0.15) is 0 Å². The molecular formula is C2H10Cl2N2O. The zero-order valence-electron chi connectivity index (χ0n) is 3.92. The number of hydroxylamine groups is 1. The summed E-state index contributed by atoms with van der Waals surface area (Å²) in [6.07, 6.45) is -0.310. The van der Waals surface area contributed by atoms with Gasteiger partial charge in [-0.05, 0) is 6.92 Å². The van der Waals surface area contributed by atoms with Crippen LogP contribution in [-0.2, 0) is 0 Å². The van der Waals surface area contributed by atoms with E-state index < -0.39 is 0 Å². The van der Waals surface area contributed by atoms with Crippen molar-refractivity contribution in [2.45, 2.75) is 13.1 Å². The maximum absolute atomic E-state index is 7.77. The summed E-state index contributed by atoms with van der Waals surface area (Å²) in [6, 6.07) is 0. The Balaban J connectivity index is -0.0000000800. The lowest BCUT2D eigenvalue weighted by Gasteiger charge is -1.94. The Hall–Kier alpha value is 0.460. The van der Waals surface area contributed by atoms with Crippen molar-refractivity contribution in [3.05, 3.63) is 0 Å². The predicted molar refractivity (Wildman–Crippen MR) is 33.1 cm³/mol. The van der Waals surface area contributed by atoms with Gasteiger partial charge in [0, 0.05) is 0 Å². The second kappa shape index (κ2) is 9.68. The maximum atomic E-state index is 7.77. The minimum atomic E-state index is -0.310. The molecule has 0 aromatic heterocycles. The van der Waals surface area contributed by atoms with Crippen molar-refractivity contribution in [1.29, 1.82) is 0 Å². The van der Waals surface area contributed by atoms with E-state index in [1.807, 2.05) is 0 Å². The lowest BCUT2D eigenvalue weighted by Crippen LogP contribution is -2.30. The summed E-state index contributed by atoms with van der Waals surface area (Å²) in [6.45, 7) is 1.64. The third-order valence-corrected chi connectivity index (χ3v) is 0.204. The predicted octanol–water partition coefficient (Wildman–Crippen LogP) is 0.114. The Morgan fingerprint density at radius 1 is 1.57 bits per heavy atom. The van der Waals surface area contributed by atoms with Crippen molar-refractivity contribution in [2.24, 2.45) is 5.73 Å². The normalized spacial score (nSPS) is 10.7. The first-order valence-corrected chi connectivity index (χ1v) is 1.42. The molecule has 0 fully saturated rings. The van der Waals surface area contributed by atoms with E-state index in [0.29, 0.717) is 0 Å². The summed E-state index contributed by atoms with van der Waals surface area (Å²) in [7, 11) is 0. The second-order valence-corrected chi connectivity index (χ2v) is 0.918. The lowest BCUT2D eigenvalue weighted by molar-refractivity contribution is 0.135. The quantitative estimate of drug-likeness (QED) is 0.366. The van der Waals surface area contributed by atoms with Crippen LogP contribution in [0.4, 0.5) is 0 Å². The van der Waals surface area contributed by atoms with Crippen LogP contribution in [0.2, 0.25) is 0 Å². The summed E-state index contributed by atoms with van der Waals surface area (Å²) in [5.41, 5.74) is 6.74. The number of hydrogen-bond acceptors (Lipinski definition) is 3. The van der Waals surface area contributed by atoms with Gasteiger partial charge in [0.25, 0.3) is 0 Å². The number of halogens is 2. The van der Waals surface area contributed by atoms with E-state index in [2.05, 4.69) is 0 Å². The van der Waals surface area contributed by atoms with Crippen LogP contribution in [0.5, 0.6) is 0 Å². The number of nitrogens with one attached hydrogen (secondary N) is 1. The Morgan fingerprint density at radius 2 is 1.71 bits per heavy atom. The van der Waals surface area contributed by atoms with Crippen LogP contribution in [0.25, 0.3) is 0 Å². The van der Waals surface area contributed by atoms with Crippen molar-refractivity contribution >= 4 is 24.8 Å². The van der Waals surface area contributed by atoms with E-state index >= 15 is 0 Å². The summed E-state index contributed by atoms with van der Waals surface area (Å²) in [5, 5.41) is 7.77. The monoisotopic (exact) mass is 148 g/mol. The van der Waals surface area contributed by atoms with Crippen LogP contribution in [0.1, 0.15) is 6.92 Å². The molecular weight excluding hydrogens is 139 g/mol. The van der Waals surface area contributed by atoms with Gasteiger partial charge in [0.15, 0.2) is 0 Å². The summed E-state index contributed by atoms with van der Waals surface area (Å²) < 4.78 is 0. The molecule has 1 unspecified atom stereocenters. The number of nitrogens with two attached hydrogens (primary N) is 1. The zero-order chi connectivity index (χ0) is 4.28. The largest absolute Gasteiger partial charge is 0.315 e. The first-order chi connectivity index (χ1) is 2.27. The molecule has 0 aromatic carbocycles. The molecule has 1 atom stereocenters. The van der Waals surface area contributed by atoms with Gasteiger partial charge in [-0.2, -0.15) is 5.48 Å². The Morgan fingerprint density at radius 3 is 1.71 bits per heavy atom. The van der Waals surface area contributed by atoms with Gasteiger partial charge in [0.05, 0.1) is 6.17 Å². The van der Waals surface area contributed by atoms with Crippen LogP contribution in [0.3, 0.4) is 0 Å². The fourth-order valence-electron chi connectivity index (χ4n) is 0. The van der Waals surface area contributed by atoms with E-state index in [1.54, 1.807) is 12.4 Å². The summed E-state index contributed by atoms with van der Waals surface area (Å²) in [5.74, 6) is 0. The van der Waals surface area contributed by atoms with Gasteiger partial charge in [-0.1, -0.05) is 0 Å². The average Bonchev–Trinajstić information content (AvgIpc) is 1.38. The Bertz CT molecular complexity index is 27.7. The molecule has 0 aromatic rings. The minimum Gasteiger partial charge on any atom is -0.315 e. The highest BCUT2D eigenvalue weighted by molar-refractivity contribution is 5.85. The van der Waals surface area contributed by atoms with Gasteiger partial charge in [-0.25, -0.2) is 0 Å². The molecule has 0 amide bonds. The van der Waals surface area contributed by atoms with Crippen molar-refractivity contribution in [1.82, 2.24) is 5.48 Å². The minimum absolute atomic E-state index is 0. The van der Waals surface area contributed by atoms with Gasteiger partial charge in [-0.3, -0.25) is 0 Å². The Labute approximate surface area is 55.0 Å². The maximum Gasteiger partial charge on any atom is 0.0756 e.